The van der Waals surface area contributed by atoms with E-state index in [9.17, 15) is 9.59 Å². The molecule has 1 saturated heterocycles. The van der Waals surface area contributed by atoms with Gasteiger partial charge in [0, 0.05) is 5.92 Å². The van der Waals surface area contributed by atoms with Crippen molar-refractivity contribution in [3.8, 4) is 0 Å². The summed E-state index contributed by atoms with van der Waals surface area (Å²) in [6.07, 6.45) is 4.52. The lowest BCUT2D eigenvalue weighted by atomic mass is 10.0. The van der Waals surface area contributed by atoms with Crippen molar-refractivity contribution in [3.63, 3.8) is 0 Å². The fourth-order valence-electron chi connectivity index (χ4n) is 2.70. The van der Waals surface area contributed by atoms with E-state index in [-0.39, 0.29) is 24.5 Å². The Morgan fingerprint density at radius 1 is 1.45 bits per heavy atom. The van der Waals surface area contributed by atoms with Crippen LogP contribution in [0, 0.1) is 5.92 Å². The number of imide groups is 1. The van der Waals surface area contributed by atoms with E-state index in [1.54, 1.807) is 0 Å². The second-order valence-electron chi connectivity index (χ2n) is 5.75. The van der Waals surface area contributed by atoms with Crippen LogP contribution in [0.5, 0.6) is 0 Å². The van der Waals surface area contributed by atoms with Crippen molar-refractivity contribution in [1.29, 1.82) is 0 Å². The van der Waals surface area contributed by atoms with E-state index < -0.39 is 6.09 Å². The monoisotopic (exact) mass is 301 g/mol. The van der Waals surface area contributed by atoms with Crippen molar-refractivity contribution in [1.82, 2.24) is 4.90 Å². The summed E-state index contributed by atoms with van der Waals surface area (Å²) < 4.78 is 5.10. The maximum absolute atomic E-state index is 12.5. The Morgan fingerprint density at radius 3 is 2.86 bits per heavy atom. The Balaban J connectivity index is 2.00. The molecule has 1 fully saturated rings. The van der Waals surface area contributed by atoms with E-state index >= 15 is 0 Å². The molecule has 0 aromatic heterocycles. The molecule has 118 valence electrons. The van der Waals surface area contributed by atoms with Crippen molar-refractivity contribution in [2.45, 2.75) is 38.6 Å². The minimum absolute atomic E-state index is 0.132. The molecule has 0 saturated carbocycles. The summed E-state index contributed by atoms with van der Waals surface area (Å²) in [6, 6.07) is 9.65. The fourth-order valence-corrected chi connectivity index (χ4v) is 2.70. The number of cyclic esters (lactones) is 1. The largest absolute Gasteiger partial charge is 0.447 e. The molecule has 0 bridgehead atoms. The zero-order valence-electron chi connectivity index (χ0n) is 13.0. The van der Waals surface area contributed by atoms with Gasteiger partial charge in [-0.15, -0.1) is 6.58 Å². The van der Waals surface area contributed by atoms with Crippen LogP contribution in [0.25, 0.3) is 0 Å². The van der Waals surface area contributed by atoms with Crippen molar-refractivity contribution in [3.05, 3.63) is 48.6 Å². The van der Waals surface area contributed by atoms with E-state index in [0.29, 0.717) is 6.42 Å². The van der Waals surface area contributed by atoms with Crippen molar-refractivity contribution < 1.29 is 14.3 Å². The molecule has 0 unspecified atom stereocenters. The van der Waals surface area contributed by atoms with Gasteiger partial charge in [-0.3, -0.25) is 4.79 Å². The molecule has 0 N–H and O–H groups in total. The van der Waals surface area contributed by atoms with Gasteiger partial charge < -0.3 is 4.74 Å². The van der Waals surface area contributed by atoms with Gasteiger partial charge in [-0.25, -0.2) is 9.69 Å². The zero-order chi connectivity index (χ0) is 15.9. The third-order valence-electron chi connectivity index (χ3n) is 3.98. The number of ether oxygens (including phenoxy) is 1. The summed E-state index contributed by atoms with van der Waals surface area (Å²) >= 11 is 0. The molecule has 2 rings (SSSR count). The van der Waals surface area contributed by atoms with Gasteiger partial charge in [-0.1, -0.05) is 43.3 Å². The lowest BCUT2D eigenvalue weighted by Gasteiger charge is -2.23. The first kappa shape index (κ1) is 16.3. The van der Waals surface area contributed by atoms with Gasteiger partial charge in [0.1, 0.15) is 6.61 Å². The Morgan fingerprint density at radius 2 is 2.18 bits per heavy atom. The maximum atomic E-state index is 12.5. The highest BCUT2D eigenvalue weighted by Crippen LogP contribution is 2.21. The Bertz CT molecular complexity index is 526. The summed E-state index contributed by atoms with van der Waals surface area (Å²) in [6.45, 7) is 5.83. The molecule has 0 radical (unpaired) electrons. The van der Waals surface area contributed by atoms with Gasteiger partial charge in [-0.2, -0.15) is 0 Å². The minimum atomic E-state index is -0.512. The molecule has 4 heteroatoms. The molecule has 0 aliphatic carbocycles. The van der Waals surface area contributed by atoms with E-state index in [1.165, 1.54) is 4.90 Å². The van der Waals surface area contributed by atoms with Crippen LogP contribution in [0.4, 0.5) is 4.79 Å². The SMILES string of the molecule is C=CCCC[C@H](C)C(=O)N1C(=O)OC[C@@H]1Cc1ccccc1. The molecule has 1 heterocycles. The summed E-state index contributed by atoms with van der Waals surface area (Å²) in [5.74, 6) is -0.309. The van der Waals surface area contributed by atoms with Crippen LogP contribution in [-0.4, -0.2) is 29.5 Å². The molecular weight excluding hydrogens is 278 g/mol. The molecule has 2 atom stereocenters. The average Bonchev–Trinajstić information content (AvgIpc) is 2.88. The number of hydrogen-bond donors (Lipinski definition) is 0. The topological polar surface area (TPSA) is 46.6 Å². The maximum Gasteiger partial charge on any atom is 0.416 e. The van der Waals surface area contributed by atoms with Gasteiger partial charge in [0.2, 0.25) is 5.91 Å². The highest BCUT2D eigenvalue weighted by Gasteiger charge is 2.39. The van der Waals surface area contributed by atoms with Gasteiger partial charge in [0.05, 0.1) is 6.04 Å². The number of carbonyl (C=O) groups excluding carboxylic acids is 2. The number of nitrogens with zero attached hydrogens (tertiary/aromatic N) is 1. The molecule has 1 aliphatic heterocycles. The third kappa shape index (κ3) is 3.97. The number of benzene rings is 1. The first-order valence-corrected chi connectivity index (χ1v) is 7.78. The van der Waals surface area contributed by atoms with Crippen LogP contribution in [0.2, 0.25) is 0 Å². The van der Waals surface area contributed by atoms with Crippen LogP contribution in [0.3, 0.4) is 0 Å². The molecule has 1 aromatic rings. The summed E-state index contributed by atoms with van der Waals surface area (Å²) in [5.41, 5.74) is 1.10. The summed E-state index contributed by atoms with van der Waals surface area (Å²) in [4.78, 5) is 25.8. The first-order chi connectivity index (χ1) is 10.6. The molecule has 22 heavy (non-hydrogen) atoms. The van der Waals surface area contributed by atoms with Gasteiger partial charge in [0.15, 0.2) is 0 Å². The number of unbranched alkanes of at least 4 members (excludes halogenated alkanes) is 1. The summed E-state index contributed by atoms with van der Waals surface area (Å²) in [5, 5.41) is 0. The van der Waals surface area contributed by atoms with Crippen molar-refractivity contribution in [2.75, 3.05) is 6.61 Å². The molecule has 2 amide bonds. The fraction of sp³-hybridized carbons (Fsp3) is 0.444. The lowest BCUT2D eigenvalue weighted by molar-refractivity contribution is -0.133. The highest BCUT2D eigenvalue weighted by molar-refractivity contribution is 5.94. The molecule has 1 aliphatic rings. The quantitative estimate of drug-likeness (QED) is 0.571. The zero-order valence-corrected chi connectivity index (χ0v) is 13.0. The molecule has 0 spiro atoms. The summed E-state index contributed by atoms with van der Waals surface area (Å²) in [7, 11) is 0. The van der Waals surface area contributed by atoms with Crippen LogP contribution >= 0.6 is 0 Å². The number of rotatable bonds is 7. The average molecular weight is 301 g/mol. The van der Waals surface area contributed by atoms with Crippen LogP contribution in [0.1, 0.15) is 31.7 Å². The third-order valence-corrected chi connectivity index (χ3v) is 3.98. The smallest absolute Gasteiger partial charge is 0.416 e. The normalized spacial score (nSPS) is 18.9. The van der Waals surface area contributed by atoms with E-state index in [0.717, 1.165) is 24.8 Å². The van der Waals surface area contributed by atoms with Crippen LogP contribution in [0.15, 0.2) is 43.0 Å². The predicted molar refractivity (Wildman–Crippen MR) is 85.3 cm³/mol. The van der Waals surface area contributed by atoms with Crippen molar-refractivity contribution in [2.24, 2.45) is 5.92 Å². The Kier molecular flexibility index (Phi) is 5.75. The standard InChI is InChI=1S/C18H23NO3/c1-3-4-6-9-14(2)17(20)19-16(13-22-18(19)21)12-15-10-7-5-8-11-15/h3,5,7-8,10-11,14,16H,1,4,6,9,12-13H2,2H3/t14-,16-/m0/s1. The highest BCUT2D eigenvalue weighted by atomic mass is 16.6. The van der Waals surface area contributed by atoms with Crippen LogP contribution < -0.4 is 0 Å². The van der Waals surface area contributed by atoms with E-state index in [2.05, 4.69) is 6.58 Å². The number of allylic oxidation sites excluding steroid dienone is 1. The van der Waals surface area contributed by atoms with Gasteiger partial charge in [-0.05, 0) is 31.2 Å². The molecular formula is C18H23NO3. The molecule has 1 aromatic carbocycles. The lowest BCUT2D eigenvalue weighted by Crippen LogP contribution is -2.43. The Labute approximate surface area is 131 Å². The van der Waals surface area contributed by atoms with Crippen LogP contribution in [-0.2, 0) is 16.0 Å². The van der Waals surface area contributed by atoms with Crippen molar-refractivity contribution >= 4 is 12.0 Å². The Hall–Kier alpha value is -2.10. The number of amides is 2. The van der Waals surface area contributed by atoms with Gasteiger partial charge >= 0.3 is 6.09 Å². The van der Waals surface area contributed by atoms with E-state index in [4.69, 9.17) is 4.74 Å². The number of hydrogen-bond acceptors (Lipinski definition) is 3. The molecule has 4 nitrogen and oxygen atoms in total. The first-order valence-electron chi connectivity index (χ1n) is 7.78. The van der Waals surface area contributed by atoms with E-state index in [1.807, 2.05) is 43.3 Å². The number of carbonyl (C=O) groups is 2. The predicted octanol–water partition coefficient (Wildman–Crippen LogP) is 3.57. The minimum Gasteiger partial charge on any atom is -0.447 e. The van der Waals surface area contributed by atoms with Gasteiger partial charge in [0.25, 0.3) is 0 Å². The second kappa shape index (κ2) is 7.78. The second-order valence-corrected chi connectivity index (χ2v) is 5.75.